The van der Waals surface area contributed by atoms with Crippen molar-refractivity contribution in [2.45, 2.75) is 57.0 Å². The molecule has 13 heteroatoms. The van der Waals surface area contributed by atoms with Gasteiger partial charge in [0, 0.05) is 43.5 Å². The molecule has 1 fully saturated rings. The third-order valence-corrected chi connectivity index (χ3v) is 8.03. The summed E-state index contributed by atoms with van der Waals surface area (Å²) in [6, 6.07) is 6.96. The molecule has 41 heavy (non-hydrogen) atoms. The Hall–Kier alpha value is -3.93. The summed E-state index contributed by atoms with van der Waals surface area (Å²) in [5, 5.41) is 2.57. The first-order valence-corrected chi connectivity index (χ1v) is 14.2. The highest BCUT2D eigenvalue weighted by atomic mass is 35.5. The molecule has 1 aromatic rings. The number of hydrogen-bond acceptors (Lipinski definition) is 7. The fourth-order valence-electron chi connectivity index (χ4n) is 5.24. The number of nitrogens with one attached hydrogen (secondary N) is 1. The van der Waals surface area contributed by atoms with Gasteiger partial charge in [0.25, 0.3) is 11.8 Å². The minimum absolute atomic E-state index is 0.0304. The van der Waals surface area contributed by atoms with E-state index in [2.05, 4.69) is 5.32 Å². The Bertz CT molecular complexity index is 1140. The van der Waals surface area contributed by atoms with Crippen LogP contribution in [0, 0.1) is 5.41 Å². The molecule has 0 saturated heterocycles. The summed E-state index contributed by atoms with van der Waals surface area (Å²) in [5.41, 5.74) is 10.4. The topological polar surface area (TPSA) is 176 Å². The van der Waals surface area contributed by atoms with Gasteiger partial charge >= 0.3 is 6.03 Å². The molecule has 1 aromatic carbocycles. The molecular formula is C28H37ClN6O6. The molecule has 5 N–H and O–H groups in total. The van der Waals surface area contributed by atoms with E-state index in [-0.39, 0.29) is 43.9 Å². The van der Waals surface area contributed by atoms with Gasteiger partial charge in [0.05, 0.1) is 12.0 Å². The molecule has 0 aromatic heterocycles. The van der Waals surface area contributed by atoms with E-state index < -0.39 is 35.3 Å². The van der Waals surface area contributed by atoms with Crippen LogP contribution in [-0.2, 0) is 24.0 Å². The Labute approximate surface area is 244 Å². The molecule has 0 radical (unpaired) electrons. The van der Waals surface area contributed by atoms with E-state index in [1.807, 2.05) is 30.3 Å². The molecule has 1 heterocycles. The number of nitrogens with two attached hydrogens (primary N) is 2. The number of nitrogens with zero attached hydrogens (tertiary/aromatic N) is 3. The first-order valence-electron chi connectivity index (χ1n) is 13.7. The quantitative estimate of drug-likeness (QED) is 0.0612. The van der Waals surface area contributed by atoms with E-state index in [1.54, 1.807) is 4.90 Å². The summed E-state index contributed by atoms with van der Waals surface area (Å²) < 4.78 is 0. The maximum atomic E-state index is 13.8. The number of primary amides is 2. The number of alkyl halides is 1. The lowest BCUT2D eigenvalue weighted by molar-refractivity contribution is -0.158. The maximum absolute atomic E-state index is 13.8. The van der Waals surface area contributed by atoms with Gasteiger partial charge in [-0.05, 0) is 50.7 Å². The van der Waals surface area contributed by atoms with Crippen LogP contribution in [0.5, 0.6) is 0 Å². The van der Waals surface area contributed by atoms with Gasteiger partial charge < -0.3 is 31.4 Å². The highest BCUT2D eigenvalue weighted by Crippen LogP contribution is 2.43. The zero-order valence-electron chi connectivity index (χ0n) is 22.9. The maximum Gasteiger partial charge on any atom is 0.312 e. The molecule has 3 rings (SSSR count). The molecule has 1 aliphatic heterocycles. The molecule has 2 atom stereocenters. The average Bonchev–Trinajstić information content (AvgIpc) is 3.24. The average molecular weight is 589 g/mol. The second kappa shape index (κ2) is 14.6. The van der Waals surface area contributed by atoms with Crippen molar-refractivity contribution in [2.75, 3.05) is 30.5 Å². The number of carbonyl (C=O) groups excluding carboxylic acids is 6. The Morgan fingerprint density at radius 2 is 1.71 bits per heavy atom. The van der Waals surface area contributed by atoms with Crippen molar-refractivity contribution in [2.24, 2.45) is 16.9 Å². The number of anilines is 1. The van der Waals surface area contributed by atoms with Gasteiger partial charge in [-0.3, -0.25) is 24.1 Å². The molecule has 12 nitrogen and oxygen atoms in total. The third kappa shape index (κ3) is 7.63. The van der Waals surface area contributed by atoms with Crippen molar-refractivity contribution in [1.29, 1.82) is 0 Å². The summed E-state index contributed by atoms with van der Waals surface area (Å²) in [5.74, 6) is -1.94. The van der Waals surface area contributed by atoms with Crippen molar-refractivity contribution in [3.8, 4) is 0 Å². The summed E-state index contributed by atoms with van der Waals surface area (Å²) in [7, 11) is 0. The van der Waals surface area contributed by atoms with Crippen molar-refractivity contribution >= 4 is 53.2 Å². The van der Waals surface area contributed by atoms with Gasteiger partial charge in [-0.2, -0.15) is 0 Å². The number of carbonyl (C=O) groups is 6. The Morgan fingerprint density at radius 3 is 2.22 bits per heavy atom. The summed E-state index contributed by atoms with van der Waals surface area (Å²) in [6.45, 7) is 0.444. The molecule has 6 amide bonds. The number of aldehydes is 1. The van der Waals surface area contributed by atoms with E-state index in [1.165, 1.54) is 17.1 Å². The van der Waals surface area contributed by atoms with Crippen LogP contribution in [0.1, 0.15) is 44.9 Å². The predicted molar refractivity (Wildman–Crippen MR) is 152 cm³/mol. The predicted octanol–water partition coefficient (Wildman–Crippen LogP) is 1.26. The van der Waals surface area contributed by atoms with Crippen LogP contribution in [0.3, 0.4) is 0 Å². The first kappa shape index (κ1) is 31.6. The number of amides is 6. The lowest BCUT2D eigenvalue weighted by atomic mass is 9.67. The zero-order valence-corrected chi connectivity index (χ0v) is 23.6. The second-order valence-electron chi connectivity index (χ2n) is 10.3. The van der Waals surface area contributed by atoms with E-state index in [0.29, 0.717) is 44.8 Å². The summed E-state index contributed by atoms with van der Waals surface area (Å²) in [4.78, 5) is 78.3. The number of urea groups is 1. The smallest absolute Gasteiger partial charge is 0.312 e. The van der Waals surface area contributed by atoms with E-state index >= 15 is 0 Å². The SMILES string of the molecule is NC(=O)NC[C@H](C[C@@H](C=O)N(CCCCCN1C(=O)C=CC1=O)C(=O)C1(C(N)=O)CCC1)N(CCl)c1ccccc1. The number of halogens is 1. The van der Waals surface area contributed by atoms with E-state index in [4.69, 9.17) is 23.1 Å². The summed E-state index contributed by atoms with van der Waals surface area (Å²) >= 11 is 6.31. The number of hydrogen-bond donors (Lipinski definition) is 3. The Morgan fingerprint density at radius 1 is 1.05 bits per heavy atom. The van der Waals surface area contributed by atoms with Gasteiger partial charge in [-0.15, -0.1) is 11.6 Å². The van der Waals surface area contributed by atoms with Crippen LogP contribution in [0.15, 0.2) is 42.5 Å². The van der Waals surface area contributed by atoms with Gasteiger partial charge in [-0.1, -0.05) is 24.6 Å². The van der Waals surface area contributed by atoms with Crippen molar-refractivity contribution in [3.63, 3.8) is 0 Å². The molecule has 222 valence electrons. The van der Waals surface area contributed by atoms with Crippen LogP contribution in [0.25, 0.3) is 0 Å². The molecular weight excluding hydrogens is 552 g/mol. The Kier molecular flexibility index (Phi) is 11.3. The highest BCUT2D eigenvalue weighted by Gasteiger charge is 2.52. The number of benzene rings is 1. The number of imide groups is 1. The standard InChI is InChI=1S/C28H37ClN6O6/c29-19-35(20-8-3-1-4-9-20)21(17-32-27(31)41)16-22(18-36)33(26(40)28(25(30)39)12-7-13-28)14-5-2-6-15-34-23(37)10-11-24(34)38/h1,3-4,8-11,18,21-22H,2,5-7,12-17,19H2,(H2,30,39)(H3,31,32,41)/t21-,22-/m0/s1. The number of rotatable bonds is 17. The number of unbranched alkanes of at least 4 members (excludes halogenated alkanes) is 2. The highest BCUT2D eigenvalue weighted by molar-refractivity contribution is 6.19. The van der Waals surface area contributed by atoms with Crippen LogP contribution in [0.4, 0.5) is 10.5 Å². The lowest BCUT2D eigenvalue weighted by Crippen LogP contribution is -2.59. The van der Waals surface area contributed by atoms with Gasteiger partial charge in [-0.25, -0.2) is 4.79 Å². The van der Waals surface area contributed by atoms with Crippen molar-refractivity contribution < 1.29 is 28.8 Å². The minimum atomic E-state index is -1.37. The van der Waals surface area contributed by atoms with Crippen LogP contribution >= 0.6 is 11.6 Å². The fourth-order valence-corrected chi connectivity index (χ4v) is 5.57. The summed E-state index contributed by atoms with van der Waals surface area (Å²) in [6.07, 6.45) is 6.00. The minimum Gasteiger partial charge on any atom is -0.369 e. The second-order valence-corrected chi connectivity index (χ2v) is 10.5. The zero-order chi connectivity index (χ0) is 30.0. The molecule has 1 aliphatic carbocycles. The van der Waals surface area contributed by atoms with Crippen LogP contribution < -0.4 is 21.7 Å². The van der Waals surface area contributed by atoms with Crippen molar-refractivity contribution in [1.82, 2.24) is 15.1 Å². The molecule has 2 aliphatic rings. The molecule has 0 spiro atoms. The largest absolute Gasteiger partial charge is 0.369 e. The molecule has 0 unspecified atom stereocenters. The monoisotopic (exact) mass is 588 g/mol. The van der Waals surface area contributed by atoms with Gasteiger partial charge in [0.1, 0.15) is 11.7 Å². The first-order chi connectivity index (χ1) is 19.6. The Balaban J connectivity index is 1.79. The fraction of sp³-hybridized carbons (Fsp3) is 0.500. The van der Waals surface area contributed by atoms with Crippen molar-refractivity contribution in [3.05, 3.63) is 42.5 Å². The van der Waals surface area contributed by atoms with Crippen LogP contribution in [-0.4, -0.2) is 83.5 Å². The van der Waals surface area contributed by atoms with Gasteiger partial charge in [0.2, 0.25) is 11.8 Å². The lowest BCUT2D eigenvalue weighted by Gasteiger charge is -2.43. The normalized spacial score (nSPS) is 17.0. The molecule has 1 saturated carbocycles. The molecule has 0 bridgehead atoms. The van der Waals surface area contributed by atoms with Crippen LogP contribution in [0.2, 0.25) is 0 Å². The van der Waals surface area contributed by atoms with E-state index in [0.717, 1.165) is 10.6 Å². The number of para-hydroxylation sites is 1. The van der Waals surface area contributed by atoms with Gasteiger partial charge in [0.15, 0.2) is 0 Å². The van der Waals surface area contributed by atoms with E-state index in [9.17, 15) is 28.8 Å². The third-order valence-electron chi connectivity index (χ3n) is 7.77.